The van der Waals surface area contributed by atoms with Crippen molar-refractivity contribution in [2.45, 2.75) is 6.92 Å². The molecule has 0 atom stereocenters. The second-order valence-electron chi connectivity index (χ2n) is 3.93. The molecule has 0 aliphatic carbocycles. The molecule has 0 saturated heterocycles. The molecule has 18 heavy (non-hydrogen) atoms. The average Bonchev–Trinajstić information content (AvgIpc) is 2.35. The summed E-state index contributed by atoms with van der Waals surface area (Å²) in [7, 11) is 6.65. The minimum absolute atomic E-state index is 0.272. The Labute approximate surface area is 107 Å². The van der Waals surface area contributed by atoms with Crippen molar-refractivity contribution in [3.8, 4) is 23.5 Å². The zero-order valence-electron chi connectivity index (χ0n) is 11.3. The molecule has 0 aromatic heterocycles. The maximum absolute atomic E-state index is 12.0. The summed E-state index contributed by atoms with van der Waals surface area (Å²) >= 11 is 0. The van der Waals surface area contributed by atoms with E-state index in [9.17, 15) is 4.79 Å². The van der Waals surface area contributed by atoms with Gasteiger partial charge in [0.05, 0.1) is 19.8 Å². The molecule has 0 N–H and O–H groups in total. The zero-order chi connectivity index (χ0) is 13.7. The predicted octanol–water partition coefficient (Wildman–Crippen LogP) is 1.72. The summed E-state index contributed by atoms with van der Waals surface area (Å²) in [4.78, 5) is 13.6. The third kappa shape index (κ3) is 2.95. The van der Waals surface area contributed by atoms with E-state index in [-0.39, 0.29) is 5.78 Å². The first kappa shape index (κ1) is 13.9. The lowest BCUT2D eigenvalue weighted by molar-refractivity contribution is 0.105. The Kier molecular flexibility index (Phi) is 4.61. The van der Waals surface area contributed by atoms with Gasteiger partial charge in [-0.15, -0.1) is 0 Å². The van der Waals surface area contributed by atoms with Gasteiger partial charge in [-0.05, 0) is 19.1 Å². The van der Waals surface area contributed by atoms with E-state index in [1.807, 2.05) is 6.92 Å². The molecule has 4 nitrogen and oxygen atoms in total. The zero-order valence-corrected chi connectivity index (χ0v) is 11.3. The molecule has 4 heteroatoms. The molecular weight excluding hydrogens is 230 g/mol. The van der Waals surface area contributed by atoms with Crippen LogP contribution in [0.5, 0.6) is 11.5 Å². The van der Waals surface area contributed by atoms with Gasteiger partial charge in [0.2, 0.25) is 5.78 Å². The summed E-state index contributed by atoms with van der Waals surface area (Å²) in [6.45, 7) is 1.84. The molecule has 0 radical (unpaired) electrons. The number of rotatable bonds is 3. The van der Waals surface area contributed by atoms with Crippen LogP contribution in [-0.4, -0.2) is 39.0 Å². The minimum Gasteiger partial charge on any atom is -0.496 e. The predicted molar refractivity (Wildman–Crippen MR) is 70.1 cm³/mol. The van der Waals surface area contributed by atoms with Gasteiger partial charge >= 0.3 is 0 Å². The number of hydrogen-bond acceptors (Lipinski definition) is 4. The van der Waals surface area contributed by atoms with Crippen LogP contribution < -0.4 is 9.47 Å². The second-order valence-corrected chi connectivity index (χ2v) is 3.93. The molecule has 0 saturated carbocycles. The Hall–Kier alpha value is -2.15. The highest BCUT2D eigenvalue weighted by molar-refractivity contribution is 6.11. The summed E-state index contributed by atoms with van der Waals surface area (Å²) in [5, 5.41) is 0. The van der Waals surface area contributed by atoms with Crippen LogP contribution in [0.1, 0.15) is 15.9 Å². The summed E-state index contributed by atoms with van der Waals surface area (Å²) in [6, 6.07) is 6.09. The average molecular weight is 247 g/mol. The van der Waals surface area contributed by atoms with E-state index in [2.05, 4.69) is 12.0 Å². The first-order chi connectivity index (χ1) is 8.51. The van der Waals surface area contributed by atoms with Gasteiger partial charge in [0.1, 0.15) is 11.5 Å². The number of hydrogen-bond donors (Lipinski definition) is 0. The lowest BCUT2D eigenvalue weighted by atomic mass is 10.1. The molecule has 1 rings (SSSR count). The summed E-state index contributed by atoms with van der Waals surface area (Å²) in [5.41, 5.74) is 1.24. The Balaban J connectivity index is 3.23. The van der Waals surface area contributed by atoms with E-state index >= 15 is 0 Å². The quantitative estimate of drug-likeness (QED) is 0.463. The van der Waals surface area contributed by atoms with E-state index in [1.54, 1.807) is 38.2 Å². The van der Waals surface area contributed by atoms with Crippen LogP contribution in [0.4, 0.5) is 0 Å². The number of carbonyl (C=O) groups is 1. The van der Waals surface area contributed by atoms with E-state index in [4.69, 9.17) is 9.47 Å². The first-order valence-electron chi connectivity index (χ1n) is 5.46. The van der Waals surface area contributed by atoms with Gasteiger partial charge in [-0.2, -0.15) is 0 Å². The molecule has 0 fully saturated rings. The highest BCUT2D eigenvalue weighted by Crippen LogP contribution is 2.31. The summed E-state index contributed by atoms with van der Waals surface area (Å²) in [6.07, 6.45) is 0. The van der Waals surface area contributed by atoms with Gasteiger partial charge in [0, 0.05) is 31.6 Å². The van der Waals surface area contributed by atoms with E-state index < -0.39 is 0 Å². The van der Waals surface area contributed by atoms with Crippen LogP contribution in [0.3, 0.4) is 0 Å². The van der Waals surface area contributed by atoms with Gasteiger partial charge in [-0.25, -0.2) is 0 Å². The van der Waals surface area contributed by atoms with Gasteiger partial charge < -0.3 is 14.4 Å². The van der Waals surface area contributed by atoms with E-state index in [1.165, 1.54) is 7.11 Å². The number of methoxy groups -OCH3 is 2. The maximum atomic E-state index is 12.0. The number of nitrogens with zero attached hydrogens (tertiary/aromatic N) is 1. The Morgan fingerprint density at radius 3 is 2.39 bits per heavy atom. The third-order valence-electron chi connectivity index (χ3n) is 2.42. The Morgan fingerprint density at radius 2 is 1.89 bits per heavy atom. The standard InChI is InChI=1S/C14H17NO3/c1-10-13(17-4)7-6-11(14(10)18-5)12(16)8-9-15(2)3/h6-7H,1-5H3. The minimum atomic E-state index is -0.272. The fourth-order valence-electron chi connectivity index (χ4n) is 1.57. The number of carbonyl (C=O) groups excluding carboxylic acids is 1. The second kappa shape index (κ2) is 5.97. The van der Waals surface area contributed by atoms with Crippen LogP contribution >= 0.6 is 0 Å². The molecule has 1 aromatic rings. The van der Waals surface area contributed by atoms with Crippen molar-refractivity contribution in [3.05, 3.63) is 23.3 Å². The van der Waals surface area contributed by atoms with Crippen LogP contribution in [0, 0.1) is 18.9 Å². The fourth-order valence-corrected chi connectivity index (χ4v) is 1.57. The normalized spacial score (nSPS) is 9.17. The van der Waals surface area contributed by atoms with Crippen LogP contribution in [0.15, 0.2) is 12.1 Å². The van der Waals surface area contributed by atoms with Gasteiger partial charge in [0.25, 0.3) is 0 Å². The largest absolute Gasteiger partial charge is 0.496 e. The van der Waals surface area contributed by atoms with Crippen molar-refractivity contribution in [3.63, 3.8) is 0 Å². The van der Waals surface area contributed by atoms with Crippen molar-refractivity contribution < 1.29 is 14.3 Å². The molecule has 0 aliphatic rings. The molecule has 0 amide bonds. The van der Waals surface area contributed by atoms with Crippen LogP contribution in [0.2, 0.25) is 0 Å². The maximum Gasteiger partial charge on any atom is 0.241 e. The molecule has 0 bridgehead atoms. The molecule has 96 valence electrons. The van der Waals surface area contributed by atoms with Crippen molar-refractivity contribution in [1.82, 2.24) is 4.90 Å². The highest BCUT2D eigenvalue weighted by atomic mass is 16.5. The van der Waals surface area contributed by atoms with Crippen molar-refractivity contribution in [1.29, 1.82) is 0 Å². The molecular formula is C14H17NO3. The van der Waals surface area contributed by atoms with Crippen LogP contribution in [0.25, 0.3) is 0 Å². The summed E-state index contributed by atoms with van der Waals surface area (Å²) < 4.78 is 10.4. The smallest absolute Gasteiger partial charge is 0.241 e. The molecule has 0 aliphatic heterocycles. The SMILES string of the molecule is COc1ccc(C(=O)C#CN(C)C)c(OC)c1C. The number of ketones is 1. The lowest BCUT2D eigenvalue weighted by Gasteiger charge is -2.12. The van der Waals surface area contributed by atoms with E-state index in [0.717, 1.165) is 5.56 Å². The van der Waals surface area contributed by atoms with Gasteiger partial charge in [-0.1, -0.05) is 0 Å². The molecule has 0 spiro atoms. The molecule has 0 heterocycles. The van der Waals surface area contributed by atoms with Crippen molar-refractivity contribution in [2.24, 2.45) is 0 Å². The third-order valence-corrected chi connectivity index (χ3v) is 2.42. The topological polar surface area (TPSA) is 38.8 Å². The first-order valence-corrected chi connectivity index (χ1v) is 5.46. The number of ether oxygens (including phenoxy) is 2. The number of benzene rings is 1. The molecule has 1 aromatic carbocycles. The number of Topliss-reactive ketones (excluding diaryl/α,β-unsaturated/α-hetero) is 1. The molecule has 0 unspecified atom stereocenters. The van der Waals surface area contributed by atoms with Crippen molar-refractivity contribution >= 4 is 5.78 Å². The summed E-state index contributed by atoms with van der Waals surface area (Å²) in [5.74, 6) is 3.47. The van der Waals surface area contributed by atoms with E-state index in [0.29, 0.717) is 17.1 Å². The van der Waals surface area contributed by atoms with Gasteiger partial charge in [0.15, 0.2) is 0 Å². The Morgan fingerprint density at radius 1 is 1.22 bits per heavy atom. The van der Waals surface area contributed by atoms with Gasteiger partial charge in [-0.3, -0.25) is 4.79 Å². The van der Waals surface area contributed by atoms with Crippen molar-refractivity contribution in [2.75, 3.05) is 28.3 Å². The fraction of sp³-hybridized carbons (Fsp3) is 0.357. The Bertz CT molecular complexity index is 510. The lowest BCUT2D eigenvalue weighted by Crippen LogP contribution is -2.06. The monoisotopic (exact) mass is 247 g/mol. The van der Waals surface area contributed by atoms with Crippen LogP contribution in [-0.2, 0) is 0 Å². The highest BCUT2D eigenvalue weighted by Gasteiger charge is 2.15.